The molecule has 0 spiro atoms. The van der Waals surface area contributed by atoms with Crippen molar-refractivity contribution in [3.8, 4) is 0 Å². The van der Waals surface area contributed by atoms with Crippen molar-refractivity contribution in [1.82, 2.24) is 19.8 Å². The zero-order valence-corrected chi connectivity index (χ0v) is 18.4. The Labute approximate surface area is 182 Å². The number of guanidine groups is 1. The first kappa shape index (κ1) is 20.4. The molecule has 0 saturated carbocycles. The Bertz CT molecular complexity index is 1010. The van der Waals surface area contributed by atoms with E-state index in [0.29, 0.717) is 5.92 Å². The van der Waals surface area contributed by atoms with Gasteiger partial charge in [-0.2, -0.15) is 0 Å². The van der Waals surface area contributed by atoms with Gasteiger partial charge in [0.1, 0.15) is 6.33 Å². The molecule has 0 aliphatic carbocycles. The smallest absolute Gasteiger partial charge is 0.206 e. The predicted molar refractivity (Wildman–Crippen MR) is 126 cm³/mol. The monoisotopic (exact) mass is 417 g/mol. The van der Waals surface area contributed by atoms with Gasteiger partial charge in [0.15, 0.2) is 0 Å². The summed E-state index contributed by atoms with van der Waals surface area (Å²) in [5, 5.41) is 0. The largest absolute Gasteiger partial charge is 0.342 e. The van der Waals surface area contributed by atoms with Crippen LogP contribution in [-0.4, -0.2) is 52.1 Å². The van der Waals surface area contributed by atoms with Crippen LogP contribution in [0.1, 0.15) is 24.1 Å². The number of thioether (sulfide) groups is 1. The molecular weight excluding hydrogens is 390 g/mol. The van der Waals surface area contributed by atoms with E-state index < -0.39 is 0 Å². The number of hydrogen-bond acceptors (Lipinski definition) is 6. The molecule has 0 amide bonds. The molecule has 1 atom stereocenters. The highest BCUT2D eigenvalue weighted by molar-refractivity contribution is 7.98. The van der Waals surface area contributed by atoms with E-state index in [4.69, 9.17) is 4.99 Å². The van der Waals surface area contributed by atoms with E-state index in [-0.39, 0.29) is 0 Å². The number of piperidine rings is 1. The van der Waals surface area contributed by atoms with Crippen LogP contribution < -0.4 is 0 Å². The van der Waals surface area contributed by atoms with Gasteiger partial charge < -0.3 is 9.80 Å². The first-order valence-electron chi connectivity index (χ1n) is 10.1. The van der Waals surface area contributed by atoms with Crippen LogP contribution in [0.4, 0.5) is 0 Å². The van der Waals surface area contributed by atoms with Crippen LogP contribution >= 0.6 is 11.8 Å². The van der Waals surface area contributed by atoms with E-state index in [0.717, 1.165) is 49.0 Å². The summed E-state index contributed by atoms with van der Waals surface area (Å²) >= 11 is 1.77. The maximum Gasteiger partial charge on any atom is 0.206 e. The normalized spacial score (nSPS) is 19.4. The van der Waals surface area contributed by atoms with Gasteiger partial charge in [-0.25, -0.2) is 15.0 Å². The standard InChI is InChI=1S/C24H27N5S/c1-17-13-23(22-10-11-25-16-26-22)27-24(28(17)3)29-12-6-8-20(15-29)18(2)19-7-5-9-21(14-19)30-4/h5,7,9-11,13-14,16,20H,1-2,6,8,12,15H2,3-4H3. The molecule has 1 unspecified atom stereocenters. The van der Waals surface area contributed by atoms with Crippen molar-refractivity contribution in [2.45, 2.75) is 17.7 Å². The Balaban J connectivity index is 1.57. The van der Waals surface area contributed by atoms with Gasteiger partial charge in [-0.3, -0.25) is 0 Å². The zero-order valence-electron chi connectivity index (χ0n) is 17.6. The fourth-order valence-electron chi connectivity index (χ4n) is 3.96. The van der Waals surface area contributed by atoms with Gasteiger partial charge in [0, 0.05) is 42.8 Å². The van der Waals surface area contributed by atoms with Crippen molar-refractivity contribution < 1.29 is 0 Å². The number of allylic oxidation sites excluding steroid dienone is 1. The lowest BCUT2D eigenvalue weighted by molar-refractivity contribution is 0.275. The maximum absolute atomic E-state index is 4.95. The highest BCUT2D eigenvalue weighted by Gasteiger charge is 2.29. The molecule has 0 radical (unpaired) electrons. The van der Waals surface area contributed by atoms with E-state index in [2.05, 4.69) is 63.4 Å². The van der Waals surface area contributed by atoms with E-state index in [9.17, 15) is 0 Å². The van der Waals surface area contributed by atoms with Gasteiger partial charge in [0.05, 0.1) is 11.4 Å². The average molecular weight is 418 g/mol. The second-order valence-corrected chi connectivity index (χ2v) is 8.51. The lowest BCUT2D eigenvalue weighted by Gasteiger charge is -2.40. The third kappa shape index (κ3) is 4.19. The molecule has 154 valence electrons. The molecule has 30 heavy (non-hydrogen) atoms. The molecule has 1 fully saturated rings. The molecule has 4 rings (SSSR count). The minimum absolute atomic E-state index is 0.397. The number of aromatic nitrogens is 2. The van der Waals surface area contributed by atoms with Gasteiger partial charge in [0.25, 0.3) is 0 Å². The first-order chi connectivity index (χ1) is 14.6. The highest BCUT2D eigenvalue weighted by atomic mass is 32.2. The number of rotatable bonds is 4. The van der Waals surface area contributed by atoms with Crippen LogP contribution in [-0.2, 0) is 0 Å². The molecule has 0 bridgehead atoms. The lowest BCUT2D eigenvalue weighted by atomic mass is 9.87. The molecule has 2 aromatic rings. The predicted octanol–water partition coefficient (Wildman–Crippen LogP) is 4.78. The third-order valence-electron chi connectivity index (χ3n) is 5.74. The van der Waals surface area contributed by atoms with Gasteiger partial charge >= 0.3 is 0 Å². The summed E-state index contributed by atoms with van der Waals surface area (Å²) in [6, 6.07) is 10.6. The van der Waals surface area contributed by atoms with Crippen molar-refractivity contribution in [3.63, 3.8) is 0 Å². The fraction of sp³-hybridized carbons (Fsp3) is 0.292. The topological polar surface area (TPSA) is 44.6 Å². The molecule has 3 heterocycles. The van der Waals surface area contributed by atoms with Crippen LogP contribution in [0.3, 0.4) is 0 Å². The van der Waals surface area contributed by atoms with Crippen molar-refractivity contribution in [3.05, 3.63) is 79.0 Å². The summed E-state index contributed by atoms with van der Waals surface area (Å²) in [7, 11) is 2.02. The summed E-state index contributed by atoms with van der Waals surface area (Å²) in [5.41, 5.74) is 4.98. The van der Waals surface area contributed by atoms with Gasteiger partial charge in [-0.15, -0.1) is 11.8 Å². The molecule has 1 aromatic carbocycles. The van der Waals surface area contributed by atoms with Crippen LogP contribution in [0.25, 0.3) is 11.3 Å². The number of nitrogens with zero attached hydrogens (tertiary/aromatic N) is 5. The van der Waals surface area contributed by atoms with Crippen molar-refractivity contribution >= 4 is 29.0 Å². The molecule has 6 heteroatoms. The number of hydrogen-bond donors (Lipinski definition) is 0. The first-order valence-corrected chi connectivity index (χ1v) is 11.4. The zero-order chi connectivity index (χ0) is 21.1. The van der Waals surface area contributed by atoms with Crippen LogP contribution in [0.5, 0.6) is 0 Å². The summed E-state index contributed by atoms with van der Waals surface area (Å²) in [6.07, 6.45) is 9.62. The van der Waals surface area contributed by atoms with Crippen molar-refractivity contribution in [2.75, 3.05) is 26.4 Å². The maximum atomic E-state index is 4.95. The fourth-order valence-corrected chi connectivity index (χ4v) is 4.42. The summed E-state index contributed by atoms with van der Waals surface area (Å²) < 4.78 is 0. The third-order valence-corrected chi connectivity index (χ3v) is 6.46. The minimum atomic E-state index is 0.397. The van der Waals surface area contributed by atoms with E-state index >= 15 is 0 Å². The molecule has 2 aliphatic rings. The van der Waals surface area contributed by atoms with E-state index in [1.54, 1.807) is 24.3 Å². The molecule has 1 saturated heterocycles. The van der Waals surface area contributed by atoms with Gasteiger partial charge in [-0.1, -0.05) is 25.3 Å². The van der Waals surface area contributed by atoms with Crippen molar-refractivity contribution in [1.29, 1.82) is 0 Å². The summed E-state index contributed by atoms with van der Waals surface area (Å²) in [5.74, 6) is 1.32. The second kappa shape index (κ2) is 8.88. The number of aliphatic imine (C=N–C) groups is 1. The van der Waals surface area contributed by atoms with Gasteiger partial charge in [-0.05, 0) is 54.5 Å². The SMILES string of the molecule is C=C(c1cccc(SC)c1)C1CCCN(C2=NC(c3ccncn3)=CC(=C)N2C)C1. The number of likely N-dealkylation sites (tertiary alicyclic amines) is 1. The minimum Gasteiger partial charge on any atom is -0.342 e. The quantitative estimate of drug-likeness (QED) is 0.670. The second-order valence-electron chi connectivity index (χ2n) is 7.63. The lowest BCUT2D eigenvalue weighted by Crippen LogP contribution is -2.47. The number of benzene rings is 1. The Kier molecular flexibility index (Phi) is 6.04. The van der Waals surface area contributed by atoms with E-state index in [1.807, 2.05) is 19.2 Å². The summed E-state index contributed by atoms with van der Waals surface area (Å²) in [4.78, 5) is 19.0. The highest BCUT2D eigenvalue weighted by Crippen LogP contribution is 2.33. The summed E-state index contributed by atoms with van der Waals surface area (Å²) in [6.45, 7) is 10.6. The number of likely N-dealkylation sites (N-methyl/N-ethyl adjacent to an activating group) is 1. The average Bonchev–Trinajstić information content (AvgIpc) is 2.81. The Hall–Kier alpha value is -2.86. The molecule has 5 nitrogen and oxygen atoms in total. The Morgan fingerprint density at radius 2 is 2.13 bits per heavy atom. The Morgan fingerprint density at radius 1 is 1.27 bits per heavy atom. The molecule has 0 N–H and O–H groups in total. The van der Waals surface area contributed by atoms with Gasteiger partial charge in [0.2, 0.25) is 5.96 Å². The Morgan fingerprint density at radius 3 is 2.90 bits per heavy atom. The molecular formula is C24H27N5S. The van der Waals surface area contributed by atoms with Crippen LogP contribution in [0, 0.1) is 5.92 Å². The van der Waals surface area contributed by atoms with Crippen LogP contribution in [0.2, 0.25) is 0 Å². The molecule has 2 aliphatic heterocycles. The van der Waals surface area contributed by atoms with E-state index in [1.165, 1.54) is 16.0 Å². The van der Waals surface area contributed by atoms with Crippen LogP contribution in [0.15, 0.2) is 77.7 Å². The van der Waals surface area contributed by atoms with Crippen molar-refractivity contribution in [2.24, 2.45) is 10.9 Å². The molecule has 1 aromatic heterocycles.